The van der Waals surface area contributed by atoms with Crippen molar-refractivity contribution in [1.82, 2.24) is 15.1 Å². The molecule has 212 valence electrons. The summed E-state index contributed by atoms with van der Waals surface area (Å²) in [6.45, 7) is 11.2. The quantitative estimate of drug-likeness (QED) is 0.393. The normalized spacial score (nSPS) is 23.4. The topological polar surface area (TPSA) is 80.3 Å². The molecule has 2 amide bonds. The molecular formula is C30H47N3O5. The zero-order valence-electron chi connectivity index (χ0n) is 23.7. The molecule has 8 heteroatoms. The van der Waals surface area contributed by atoms with Gasteiger partial charge in [-0.25, -0.2) is 0 Å². The van der Waals surface area contributed by atoms with E-state index in [0.29, 0.717) is 43.9 Å². The van der Waals surface area contributed by atoms with Gasteiger partial charge in [0.25, 0.3) is 11.8 Å². The number of carbonyl (C=O) groups is 2. The number of hydrogen-bond acceptors (Lipinski definition) is 6. The van der Waals surface area contributed by atoms with E-state index in [9.17, 15) is 9.59 Å². The Balaban J connectivity index is 1.41. The number of carbonyl (C=O) groups excluding carboxylic acids is 2. The van der Waals surface area contributed by atoms with Gasteiger partial charge >= 0.3 is 0 Å². The first-order chi connectivity index (χ1) is 18.4. The summed E-state index contributed by atoms with van der Waals surface area (Å²) in [5.74, 6) is 1.55. The maximum absolute atomic E-state index is 13.7. The molecule has 1 saturated carbocycles. The standard InChI is InChI=1S/C30H47N3O5/c1-21(2)32(29(34)23-10-9-22(3)28(16-23)38-15-7-13-36-4)19-24-17-31-18-25(24)20-33(26-11-12-26)30(35)27-8-5-6-14-37-27/h9-10,16,21,24-27,31H,5-8,11-15,17-20H2,1-4H3/t24-,25-,27?/m0/s1. The minimum atomic E-state index is -0.279. The van der Waals surface area contributed by atoms with Crippen LogP contribution in [-0.2, 0) is 14.3 Å². The van der Waals surface area contributed by atoms with Crippen molar-refractivity contribution in [3.05, 3.63) is 29.3 Å². The molecule has 1 unspecified atom stereocenters. The lowest BCUT2D eigenvalue weighted by Crippen LogP contribution is -2.48. The van der Waals surface area contributed by atoms with Crippen LogP contribution in [0.5, 0.6) is 5.75 Å². The second kappa shape index (κ2) is 13.8. The van der Waals surface area contributed by atoms with Gasteiger partial charge in [0.2, 0.25) is 0 Å². The van der Waals surface area contributed by atoms with Gasteiger partial charge in [-0.2, -0.15) is 0 Å². The molecule has 1 aromatic carbocycles. The largest absolute Gasteiger partial charge is 0.493 e. The molecule has 0 spiro atoms. The second-order valence-electron chi connectivity index (χ2n) is 11.5. The average Bonchev–Trinajstić information content (AvgIpc) is 3.67. The van der Waals surface area contributed by atoms with E-state index < -0.39 is 0 Å². The number of ether oxygens (including phenoxy) is 3. The number of amides is 2. The number of hydrogen-bond donors (Lipinski definition) is 1. The Kier molecular flexibility index (Phi) is 10.4. The van der Waals surface area contributed by atoms with E-state index in [1.54, 1.807) is 7.11 Å². The number of benzene rings is 1. The van der Waals surface area contributed by atoms with Gasteiger partial charge in [-0.15, -0.1) is 0 Å². The van der Waals surface area contributed by atoms with E-state index in [2.05, 4.69) is 24.1 Å². The highest BCUT2D eigenvalue weighted by Gasteiger charge is 2.40. The lowest BCUT2D eigenvalue weighted by Gasteiger charge is -2.35. The summed E-state index contributed by atoms with van der Waals surface area (Å²) in [7, 11) is 1.68. The summed E-state index contributed by atoms with van der Waals surface area (Å²) in [4.78, 5) is 31.2. The van der Waals surface area contributed by atoms with Crippen LogP contribution >= 0.6 is 0 Å². The van der Waals surface area contributed by atoms with Crippen molar-refractivity contribution in [2.45, 2.75) is 77.5 Å². The lowest BCUT2D eigenvalue weighted by atomic mass is 9.93. The van der Waals surface area contributed by atoms with Crippen LogP contribution in [0.25, 0.3) is 0 Å². The van der Waals surface area contributed by atoms with Crippen LogP contribution in [0, 0.1) is 18.8 Å². The summed E-state index contributed by atoms with van der Waals surface area (Å²) < 4.78 is 16.9. The van der Waals surface area contributed by atoms with Gasteiger partial charge in [0.1, 0.15) is 11.9 Å². The summed E-state index contributed by atoms with van der Waals surface area (Å²) in [5, 5.41) is 3.54. The minimum absolute atomic E-state index is 0.0260. The summed E-state index contributed by atoms with van der Waals surface area (Å²) >= 11 is 0. The molecule has 3 fully saturated rings. The van der Waals surface area contributed by atoms with Gasteiger partial charge in [-0.05, 0) is 82.4 Å². The van der Waals surface area contributed by atoms with Gasteiger partial charge in [0, 0.05) is 70.6 Å². The van der Waals surface area contributed by atoms with Crippen LogP contribution in [0.4, 0.5) is 0 Å². The first kappa shape index (κ1) is 28.8. The third kappa shape index (κ3) is 7.48. The molecule has 0 radical (unpaired) electrons. The predicted octanol–water partition coefficient (Wildman–Crippen LogP) is 3.66. The molecule has 3 aliphatic rings. The molecule has 1 N–H and O–H groups in total. The van der Waals surface area contributed by atoms with Gasteiger partial charge in [-0.1, -0.05) is 6.07 Å². The van der Waals surface area contributed by atoms with Gasteiger partial charge in [0.15, 0.2) is 0 Å². The van der Waals surface area contributed by atoms with Crippen LogP contribution < -0.4 is 10.1 Å². The van der Waals surface area contributed by atoms with Crippen molar-refractivity contribution in [3.63, 3.8) is 0 Å². The number of nitrogens with one attached hydrogen (secondary N) is 1. The Hall–Kier alpha value is -2.16. The Morgan fingerprint density at radius 3 is 2.50 bits per heavy atom. The lowest BCUT2D eigenvalue weighted by molar-refractivity contribution is -0.148. The molecule has 4 rings (SSSR count). The number of rotatable bonds is 13. The van der Waals surface area contributed by atoms with E-state index in [-0.39, 0.29) is 29.9 Å². The maximum atomic E-state index is 13.7. The predicted molar refractivity (Wildman–Crippen MR) is 148 cm³/mol. The molecule has 2 saturated heterocycles. The van der Waals surface area contributed by atoms with Crippen LogP contribution in [0.1, 0.15) is 68.3 Å². The Morgan fingerprint density at radius 1 is 1.08 bits per heavy atom. The summed E-state index contributed by atoms with van der Waals surface area (Å²) in [5.41, 5.74) is 1.67. The molecule has 0 bridgehead atoms. The monoisotopic (exact) mass is 529 g/mol. The fraction of sp³-hybridized carbons (Fsp3) is 0.733. The minimum Gasteiger partial charge on any atom is -0.493 e. The fourth-order valence-corrected chi connectivity index (χ4v) is 5.61. The average molecular weight is 530 g/mol. The van der Waals surface area contributed by atoms with Gasteiger partial charge in [-0.3, -0.25) is 9.59 Å². The molecular weight excluding hydrogens is 482 g/mol. The van der Waals surface area contributed by atoms with E-state index in [0.717, 1.165) is 69.5 Å². The second-order valence-corrected chi connectivity index (χ2v) is 11.5. The van der Waals surface area contributed by atoms with E-state index >= 15 is 0 Å². The molecule has 1 aromatic rings. The number of methoxy groups -OCH3 is 1. The van der Waals surface area contributed by atoms with E-state index in [1.165, 1.54) is 0 Å². The van der Waals surface area contributed by atoms with Crippen LogP contribution in [-0.4, -0.2) is 92.9 Å². The SMILES string of the molecule is COCCCOc1cc(C(=O)N(C[C@@H]2CNC[C@H]2CN(C(=O)C2CCCCO2)C2CC2)C(C)C)ccc1C. The first-order valence-corrected chi connectivity index (χ1v) is 14.5. The fourth-order valence-electron chi connectivity index (χ4n) is 5.61. The molecule has 1 aliphatic carbocycles. The zero-order chi connectivity index (χ0) is 27.1. The smallest absolute Gasteiger partial charge is 0.254 e. The van der Waals surface area contributed by atoms with Crippen molar-refractivity contribution in [1.29, 1.82) is 0 Å². The maximum Gasteiger partial charge on any atom is 0.254 e. The molecule has 2 heterocycles. The highest BCUT2D eigenvalue weighted by Crippen LogP contribution is 2.32. The Bertz CT molecular complexity index is 928. The van der Waals surface area contributed by atoms with Crippen molar-refractivity contribution >= 4 is 11.8 Å². The highest BCUT2D eigenvalue weighted by molar-refractivity contribution is 5.95. The van der Waals surface area contributed by atoms with E-state index in [1.807, 2.05) is 30.0 Å². The Labute approximate surface area is 228 Å². The van der Waals surface area contributed by atoms with Gasteiger partial charge < -0.3 is 29.3 Å². The Morgan fingerprint density at radius 2 is 1.84 bits per heavy atom. The molecule has 8 nitrogen and oxygen atoms in total. The molecule has 0 aromatic heterocycles. The van der Waals surface area contributed by atoms with E-state index in [4.69, 9.17) is 14.2 Å². The zero-order valence-corrected chi connectivity index (χ0v) is 23.7. The summed E-state index contributed by atoms with van der Waals surface area (Å²) in [6.07, 6.45) is 5.63. The van der Waals surface area contributed by atoms with Crippen LogP contribution in [0.15, 0.2) is 18.2 Å². The van der Waals surface area contributed by atoms with Crippen molar-refractivity contribution in [2.75, 3.05) is 53.1 Å². The van der Waals surface area contributed by atoms with Crippen LogP contribution in [0.3, 0.4) is 0 Å². The molecule has 2 aliphatic heterocycles. The number of nitrogens with zero attached hydrogens (tertiary/aromatic N) is 2. The highest BCUT2D eigenvalue weighted by atomic mass is 16.5. The molecule has 3 atom stereocenters. The van der Waals surface area contributed by atoms with Gasteiger partial charge in [0.05, 0.1) is 6.61 Å². The summed E-state index contributed by atoms with van der Waals surface area (Å²) in [6, 6.07) is 6.16. The van der Waals surface area contributed by atoms with Crippen molar-refractivity contribution in [2.24, 2.45) is 11.8 Å². The molecule has 38 heavy (non-hydrogen) atoms. The van der Waals surface area contributed by atoms with Crippen molar-refractivity contribution < 1.29 is 23.8 Å². The van der Waals surface area contributed by atoms with Crippen molar-refractivity contribution in [3.8, 4) is 5.75 Å². The van der Waals surface area contributed by atoms with Crippen LogP contribution in [0.2, 0.25) is 0 Å². The first-order valence-electron chi connectivity index (χ1n) is 14.5. The number of aryl methyl sites for hydroxylation is 1. The third-order valence-corrected chi connectivity index (χ3v) is 8.14. The third-order valence-electron chi connectivity index (χ3n) is 8.14.